The average molecular weight is 364 g/mol. The van der Waals surface area contributed by atoms with Gasteiger partial charge in [-0.25, -0.2) is 0 Å². The molecule has 2 aromatic rings. The molecule has 0 fully saturated rings. The van der Waals surface area contributed by atoms with Crippen LogP contribution >= 0.6 is 0 Å². The molecule has 0 atom stereocenters. The zero-order valence-electron chi connectivity index (χ0n) is 15.7. The molecule has 2 aromatic carbocycles. The molecule has 2 rings (SSSR count). The topological polar surface area (TPSA) is 71.3 Å². The first-order valence-corrected chi connectivity index (χ1v) is 9.05. The number of nitrogens with zero attached hydrogens (tertiary/aromatic N) is 1. The number of amides is 1. The summed E-state index contributed by atoms with van der Waals surface area (Å²) >= 11 is 0. The number of benzene rings is 2. The highest BCUT2D eigenvalue weighted by molar-refractivity contribution is 6.10. The quantitative estimate of drug-likeness (QED) is 0.394. The Bertz CT molecular complexity index is 820. The number of nitriles is 1. The van der Waals surface area contributed by atoms with Crippen LogP contribution in [0.4, 0.5) is 5.69 Å². The lowest BCUT2D eigenvalue weighted by Gasteiger charge is -2.12. The highest BCUT2D eigenvalue weighted by Gasteiger charge is 2.12. The number of nitrogens with one attached hydrogen (secondary N) is 1. The van der Waals surface area contributed by atoms with Gasteiger partial charge in [-0.3, -0.25) is 4.79 Å². The number of para-hydroxylation sites is 2. The predicted octanol–water partition coefficient (Wildman–Crippen LogP) is 4.81. The molecule has 1 N–H and O–H groups in total. The van der Waals surface area contributed by atoms with E-state index >= 15 is 0 Å². The molecule has 0 unspecified atom stereocenters. The zero-order chi connectivity index (χ0) is 19.5. The van der Waals surface area contributed by atoms with Gasteiger partial charge in [0.05, 0.1) is 18.9 Å². The van der Waals surface area contributed by atoms with Crippen LogP contribution in [0.3, 0.4) is 0 Å². The number of unbranched alkanes of at least 4 members (excludes halogenated alkanes) is 1. The molecule has 0 heterocycles. The van der Waals surface area contributed by atoms with E-state index in [4.69, 9.17) is 9.47 Å². The number of carbonyl (C=O) groups excluding carboxylic acids is 1. The number of hydrogen-bond donors (Lipinski definition) is 1. The third-order valence-corrected chi connectivity index (χ3v) is 3.76. The van der Waals surface area contributed by atoms with Crippen molar-refractivity contribution in [3.8, 4) is 17.6 Å². The van der Waals surface area contributed by atoms with E-state index in [0.717, 1.165) is 24.2 Å². The van der Waals surface area contributed by atoms with Crippen molar-refractivity contribution in [1.82, 2.24) is 0 Å². The zero-order valence-corrected chi connectivity index (χ0v) is 15.7. The minimum atomic E-state index is -0.474. The van der Waals surface area contributed by atoms with Crippen molar-refractivity contribution in [1.29, 1.82) is 5.26 Å². The molecule has 0 saturated heterocycles. The van der Waals surface area contributed by atoms with Crippen molar-refractivity contribution in [2.75, 3.05) is 18.5 Å². The van der Waals surface area contributed by atoms with Crippen molar-refractivity contribution in [2.45, 2.75) is 26.7 Å². The van der Waals surface area contributed by atoms with Gasteiger partial charge in [0.25, 0.3) is 5.91 Å². The molecule has 0 aliphatic rings. The summed E-state index contributed by atoms with van der Waals surface area (Å²) in [6, 6.07) is 16.4. The SMILES string of the molecule is CCCCOc1ccccc1NC(=O)/C(C#N)=C/c1ccc(OCC)cc1. The molecular formula is C22H24N2O3. The van der Waals surface area contributed by atoms with E-state index in [1.54, 1.807) is 42.5 Å². The first-order chi connectivity index (χ1) is 13.2. The third kappa shape index (κ3) is 6.19. The molecule has 27 heavy (non-hydrogen) atoms. The Labute approximate surface area is 160 Å². The second-order valence-corrected chi connectivity index (χ2v) is 5.82. The lowest BCUT2D eigenvalue weighted by molar-refractivity contribution is -0.112. The molecule has 5 nitrogen and oxygen atoms in total. The van der Waals surface area contributed by atoms with Crippen LogP contribution in [0.15, 0.2) is 54.1 Å². The fraction of sp³-hybridized carbons (Fsp3) is 0.273. The van der Waals surface area contributed by atoms with Crippen molar-refractivity contribution in [3.05, 3.63) is 59.7 Å². The van der Waals surface area contributed by atoms with Gasteiger partial charge in [0.1, 0.15) is 23.1 Å². The van der Waals surface area contributed by atoms with Crippen molar-refractivity contribution >= 4 is 17.7 Å². The molecule has 0 spiro atoms. The molecule has 0 aromatic heterocycles. The fourth-order valence-corrected chi connectivity index (χ4v) is 2.35. The van der Waals surface area contributed by atoms with E-state index in [2.05, 4.69) is 12.2 Å². The molecule has 1 amide bonds. The maximum atomic E-state index is 12.5. The van der Waals surface area contributed by atoms with E-state index in [9.17, 15) is 10.1 Å². The Balaban J connectivity index is 2.12. The van der Waals surface area contributed by atoms with Crippen molar-refractivity contribution < 1.29 is 14.3 Å². The Morgan fingerprint density at radius 3 is 2.52 bits per heavy atom. The highest BCUT2D eigenvalue weighted by atomic mass is 16.5. The number of anilines is 1. The summed E-state index contributed by atoms with van der Waals surface area (Å²) in [5, 5.41) is 12.1. The van der Waals surface area contributed by atoms with Gasteiger partial charge in [0.15, 0.2) is 0 Å². The van der Waals surface area contributed by atoms with Gasteiger partial charge in [-0.2, -0.15) is 5.26 Å². The smallest absolute Gasteiger partial charge is 0.266 e. The Morgan fingerprint density at radius 1 is 1.11 bits per heavy atom. The van der Waals surface area contributed by atoms with Gasteiger partial charge in [0.2, 0.25) is 0 Å². The Morgan fingerprint density at radius 2 is 1.85 bits per heavy atom. The van der Waals surface area contributed by atoms with Crippen LogP contribution < -0.4 is 14.8 Å². The van der Waals surface area contributed by atoms with E-state index < -0.39 is 5.91 Å². The van der Waals surface area contributed by atoms with Crippen LogP contribution in [0.1, 0.15) is 32.3 Å². The maximum Gasteiger partial charge on any atom is 0.266 e. The van der Waals surface area contributed by atoms with Crippen LogP contribution in [0.5, 0.6) is 11.5 Å². The molecule has 140 valence electrons. The first-order valence-electron chi connectivity index (χ1n) is 9.05. The van der Waals surface area contributed by atoms with E-state index in [1.807, 2.05) is 25.1 Å². The molecule has 0 radical (unpaired) electrons. The summed E-state index contributed by atoms with van der Waals surface area (Å²) in [6.45, 7) is 5.16. The van der Waals surface area contributed by atoms with Gasteiger partial charge < -0.3 is 14.8 Å². The number of hydrogen-bond acceptors (Lipinski definition) is 4. The summed E-state index contributed by atoms with van der Waals surface area (Å²) in [5.74, 6) is 0.867. The fourth-order valence-electron chi connectivity index (χ4n) is 2.35. The monoisotopic (exact) mass is 364 g/mol. The second-order valence-electron chi connectivity index (χ2n) is 5.82. The maximum absolute atomic E-state index is 12.5. The largest absolute Gasteiger partial charge is 0.494 e. The van der Waals surface area contributed by atoms with Crippen molar-refractivity contribution in [3.63, 3.8) is 0 Å². The highest BCUT2D eigenvalue weighted by Crippen LogP contribution is 2.25. The number of carbonyl (C=O) groups is 1. The van der Waals surface area contributed by atoms with Crippen LogP contribution in [0, 0.1) is 11.3 Å². The summed E-state index contributed by atoms with van der Waals surface area (Å²) in [4.78, 5) is 12.5. The van der Waals surface area contributed by atoms with Gasteiger partial charge in [-0.1, -0.05) is 37.6 Å². The third-order valence-electron chi connectivity index (χ3n) is 3.76. The lowest BCUT2D eigenvalue weighted by atomic mass is 10.1. The van der Waals surface area contributed by atoms with Crippen LogP contribution in [-0.4, -0.2) is 19.1 Å². The summed E-state index contributed by atoms with van der Waals surface area (Å²) in [7, 11) is 0. The van der Waals surface area contributed by atoms with Crippen LogP contribution in [-0.2, 0) is 4.79 Å². The Kier molecular flexibility index (Phi) is 7.92. The molecular weight excluding hydrogens is 340 g/mol. The lowest BCUT2D eigenvalue weighted by Crippen LogP contribution is -2.14. The summed E-state index contributed by atoms with van der Waals surface area (Å²) in [6.07, 6.45) is 3.51. The molecule has 0 aliphatic heterocycles. The van der Waals surface area contributed by atoms with Gasteiger partial charge >= 0.3 is 0 Å². The number of rotatable bonds is 9. The van der Waals surface area contributed by atoms with E-state index in [-0.39, 0.29) is 5.57 Å². The minimum Gasteiger partial charge on any atom is -0.494 e. The van der Waals surface area contributed by atoms with Crippen LogP contribution in [0.25, 0.3) is 6.08 Å². The standard InChI is InChI=1S/C22H24N2O3/c1-3-5-14-27-21-9-7-6-8-20(21)24-22(25)18(16-23)15-17-10-12-19(13-11-17)26-4-2/h6-13,15H,3-5,14H2,1-2H3,(H,24,25)/b18-15+. The molecule has 0 bridgehead atoms. The van der Waals surface area contributed by atoms with Gasteiger partial charge in [-0.15, -0.1) is 0 Å². The van der Waals surface area contributed by atoms with E-state index in [1.165, 1.54) is 0 Å². The average Bonchev–Trinajstić information content (AvgIpc) is 2.69. The minimum absolute atomic E-state index is 0.0162. The van der Waals surface area contributed by atoms with E-state index in [0.29, 0.717) is 24.7 Å². The van der Waals surface area contributed by atoms with Crippen molar-refractivity contribution in [2.24, 2.45) is 0 Å². The van der Waals surface area contributed by atoms with Gasteiger partial charge in [-0.05, 0) is 49.2 Å². The number of ether oxygens (including phenoxy) is 2. The second kappa shape index (κ2) is 10.7. The normalized spacial score (nSPS) is 10.8. The molecule has 5 heteroatoms. The van der Waals surface area contributed by atoms with Crippen LogP contribution in [0.2, 0.25) is 0 Å². The summed E-state index contributed by atoms with van der Waals surface area (Å²) in [5.41, 5.74) is 1.31. The molecule has 0 saturated carbocycles. The Hall–Kier alpha value is -3.26. The summed E-state index contributed by atoms with van der Waals surface area (Å²) < 4.78 is 11.1. The predicted molar refractivity (Wildman–Crippen MR) is 107 cm³/mol. The van der Waals surface area contributed by atoms with Gasteiger partial charge in [0, 0.05) is 0 Å². The molecule has 0 aliphatic carbocycles. The first kappa shape index (κ1) is 20.1.